The van der Waals surface area contributed by atoms with E-state index in [9.17, 15) is 18.3 Å². The average Bonchev–Trinajstić information content (AvgIpc) is 3.23. The molecule has 38 heavy (non-hydrogen) atoms. The Bertz CT molecular complexity index is 1550. The number of carbonyl (C=O) groups excluding carboxylic acids is 1. The summed E-state index contributed by atoms with van der Waals surface area (Å²) in [6, 6.07) is 21.4. The number of aromatic amines is 1. The number of fused-ring (bicyclic) bond motifs is 1. The summed E-state index contributed by atoms with van der Waals surface area (Å²) in [7, 11) is -1.68. The summed E-state index contributed by atoms with van der Waals surface area (Å²) in [5, 5.41) is 17.3. The molecule has 0 bridgehead atoms. The van der Waals surface area contributed by atoms with Crippen LogP contribution in [0.2, 0.25) is 0 Å². The summed E-state index contributed by atoms with van der Waals surface area (Å²) >= 11 is 0. The Morgan fingerprint density at radius 1 is 1.00 bits per heavy atom. The summed E-state index contributed by atoms with van der Waals surface area (Å²) in [5.74, 6) is -0.241. The molecule has 0 aliphatic carbocycles. The van der Waals surface area contributed by atoms with Crippen LogP contribution in [0.4, 0.5) is 11.4 Å². The van der Waals surface area contributed by atoms with Crippen molar-refractivity contribution in [1.82, 2.24) is 15.6 Å². The molecule has 0 saturated heterocycles. The van der Waals surface area contributed by atoms with Crippen LogP contribution in [0.1, 0.15) is 34.8 Å². The second-order valence-electron chi connectivity index (χ2n) is 8.72. The quantitative estimate of drug-likeness (QED) is 0.146. The Kier molecular flexibility index (Phi) is 8.45. The second-order valence-corrected chi connectivity index (χ2v) is 10.6. The third-order valence-corrected chi connectivity index (χ3v) is 7.26. The second kappa shape index (κ2) is 11.9. The number of aliphatic imine (C=N–C) groups is 1. The number of carbonyl (C=O) groups is 1. The topological polar surface area (TPSA) is 136 Å². The van der Waals surface area contributed by atoms with Gasteiger partial charge in [-0.2, -0.15) is 0 Å². The molecule has 1 heterocycles. The molecule has 0 radical (unpaired) electrons. The van der Waals surface area contributed by atoms with Gasteiger partial charge in [-0.05, 0) is 63.3 Å². The number of rotatable bonds is 11. The highest BCUT2D eigenvalue weighted by molar-refractivity contribution is 7.92. The molecule has 4 aromatic rings. The molecule has 1 amide bonds. The minimum absolute atomic E-state index is 0.0214. The number of benzene rings is 3. The van der Waals surface area contributed by atoms with Gasteiger partial charge in [-0.1, -0.05) is 36.4 Å². The first-order valence-corrected chi connectivity index (χ1v) is 14.0. The number of anilines is 1. The van der Waals surface area contributed by atoms with Gasteiger partial charge in [0.15, 0.2) is 5.88 Å². The summed E-state index contributed by atoms with van der Waals surface area (Å²) in [6.45, 7) is 2.98. The van der Waals surface area contributed by atoms with Crippen LogP contribution in [-0.4, -0.2) is 56.0 Å². The van der Waals surface area contributed by atoms with E-state index < -0.39 is 10.0 Å². The van der Waals surface area contributed by atoms with Gasteiger partial charge in [0.05, 0.1) is 22.7 Å². The summed E-state index contributed by atoms with van der Waals surface area (Å²) in [5.41, 5.74) is 3.92. The first-order valence-electron chi connectivity index (χ1n) is 12.3. The van der Waals surface area contributed by atoms with Gasteiger partial charge in [0, 0.05) is 34.3 Å². The third-order valence-electron chi connectivity index (χ3n) is 5.88. The molecule has 0 fully saturated rings. The zero-order valence-corrected chi connectivity index (χ0v) is 22.1. The van der Waals surface area contributed by atoms with Crippen LogP contribution < -0.4 is 15.4 Å². The van der Waals surface area contributed by atoms with Crippen LogP contribution in [-0.2, 0) is 10.0 Å². The number of aromatic nitrogens is 1. The molecule has 4 rings (SSSR count). The summed E-state index contributed by atoms with van der Waals surface area (Å²) in [6.07, 6.45) is 0.507. The highest BCUT2D eigenvalue weighted by Gasteiger charge is 2.20. The SMILES string of the molecule is CCNC(=O)c1ccc2c(C(=Nc3ccc(NS(=O)(=O)CCCNC)cc3)c3ccccc3)c(O)[nH]c2c1. The van der Waals surface area contributed by atoms with Gasteiger partial charge in [-0.3, -0.25) is 9.52 Å². The van der Waals surface area contributed by atoms with Crippen molar-refractivity contribution in [2.75, 3.05) is 30.6 Å². The molecule has 1 aromatic heterocycles. The maximum atomic E-state index is 12.3. The lowest BCUT2D eigenvalue weighted by molar-refractivity contribution is 0.0956. The van der Waals surface area contributed by atoms with Crippen molar-refractivity contribution in [3.8, 4) is 5.88 Å². The number of aromatic hydroxyl groups is 1. The van der Waals surface area contributed by atoms with Gasteiger partial charge < -0.3 is 20.7 Å². The number of nitrogens with zero attached hydrogens (tertiary/aromatic N) is 1. The summed E-state index contributed by atoms with van der Waals surface area (Å²) < 4.78 is 27.2. The lowest BCUT2D eigenvalue weighted by Gasteiger charge is -2.10. The van der Waals surface area contributed by atoms with E-state index in [1.54, 1.807) is 49.5 Å². The maximum absolute atomic E-state index is 12.3. The van der Waals surface area contributed by atoms with Gasteiger partial charge in [0.1, 0.15) is 0 Å². The van der Waals surface area contributed by atoms with E-state index in [1.165, 1.54) is 0 Å². The van der Waals surface area contributed by atoms with Gasteiger partial charge in [-0.25, -0.2) is 13.4 Å². The first kappa shape index (κ1) is 26.9. The lowest BCUT2D eigenvalue weighted by atomic mass is 10.00. The standard InChI is InChI=1S/C28H31N5O4S/c1-3-30-27(34)20-10-15-23-24(18-20)32-28(35)25(23)26(19-8-5-4-6-9-19)31-21-11-13-22(14-12-21)33-38(36,37)17-7-16-29-2/h4-6,8-15,18,29,32-33,35H,3,7,16-17H2,1-2H3,(H,30,34). The number of H-pyrrole nitrogens is 1. The summed E-state index contributed by atoms with van der Waals surface area (Å²) in [4.78, 5) is 20.1. The molecule has 9 nitrogen and oxygen atoms in total. The molecule has 10 heteroatoms. The van der Waals surface area contributed by atoms with Crippen molar-refractivity contribution in [3.05, 3.63) is 89.5 Å². The van der Waals surface area contributed by atoms with Crippen LogP contribution in [0.5, 0.6) is 5.88 Å². The van der Waals surface area contributed by atoms with Gasteiger partial charge >= 0.3 is 0 Å². The molecular formula is C28H31N5O4S. The van der Waals surface area contributed by atoms with Crippen molar-refractivity contribution in [3.63, 3.8) is 0 Å². The van der Waals surface area contributed by atoms with Crippen molar-refractivity contribution in [2.24, 2.45) is 4.99 Å². The molecular weight excluding hydrogens is 502 g/mol. The molecule has 0 aliphatic heterocycles. The Labute approximate surface area is 222 Å². The molecule has 198 valence electrons. The smallest absolute Gasteiger partial charge is 0.251 e. The van der Waals surface area contributed by atoms with Crippen molar-refractivity contribution < 1.29 is 18.3 Å². The van der Waals surface area contributed by atoms with E-state index in [4.69, 9.17) is 4.99 Å². The van der Waals surface area contributed by atoms with Crippen LogP contribution in [0, 0.1) is 0 Å². The number of nitrogens with one attached hydrogen (secondary N) is 4. The van der Waals surface area contributed by atoms with Gasteiger partial charge in [0.2, 0.25) is 10.0 Å². The predicted octanol–water partition coefficient (Wildman–Crippen LogP) is 4.14. The third kappa shape index (κ3) is 6.39. The van der Waals surface area contributed by atoms with E-state index >= 15 is 0 Å². The van der Waals surface area contributed by atoms with E-state index in [1.807, 2.05) is 37.3 Å². The molecule has 5 N–H and O–H groups in total. The van der Waals surface area contributed by atoms with Crippen molar-refractivity contribution in [1.29, 1.82) is 0 Å². The zero-order valence-electron chi connectivity index (χ0n) is 21.3. The molecule has 0 aliphatic rings. The highest BCUT2D eigenvalue weighted by atomic mass is 32.2. The fraction of sp³-hybridized carbons (Fsp3) is 0.214. The minimum atomic E-state index is -3.46. The molecule has 0 spiro atoms. The Balaban J connectivity index is 1.71. The van der Waals surface area contributed by atoms with Crippen LogP contribution in [0.25, 0.3) is 10.9 Å². The van der Waals surface area contributed by atoms with Crippen LogP contribution in [0.15, 0.2) is 77.8 Å². The van der Waals surface area contributed by atoms with Crippen LogP contribution >= 0.6 is 0 Å². The Morgan fingerprint density at radius 3 is 2.42 bits per heavy atom. The minimum Gasteiger partial charge on any atom is -0.494 e. The monoisotopic (exact) mass is 533 g/mol. The number of sulfonamides is 1. The largest absolute Gasteiger partial charge is 0.494 e. The fourth-order valence-electron chi connectivity index (χ4n) is 4.09. The van der Waals surface area contributed by atoms with Gasteiger partial charge in [-0.15, -0.1) is 0 Å². The van der Waals surface area contributed by atoms with Crippen molar-refractivity contribution >= 4 is 43.9 Å². The predicted molar refractivity (Wildman–Crippen MR) is 152 cm³/mol. The number of hydrogen-bond acceptors (Lipinski definition) is 6. The van der Waals surface area contributed by atoms with E-state index in [2.05, 4.69) is 20.3 Å². The maximum Gasteiger partial charge on any atom is 0.251 e. The number of amides is 1. The zero-order chi connectivity index (χ0) is 27.1. The Morgan fingerprint density at radius 2 is 1.74 bits per heavy atom. The van der Waals surface area contributed by atoms with E-state index in [-0.39, 0.29) is 17.5 Å². The van der Waals surface area contributed by atoms with Gasteiger partial charge in [0.25, 0.3) is 5.91 Å². The fourth-order valence-corrected chi connectivity index (χ4v) is 5.21. The normalized spacial score (nSPS) is 12.0. The van der Waals surface area contributed by atoms with E-state index in [0.717, 1.165) is 5.56 Å². The molecule has 0 unspecified atom stereocenters. The molecule has 3 aromatic carbocycles. The van der Waals surface area contributed by atoms with E-state index in [0.29, 0.717) is 58.6 Å². The van der Waals surface area contributed by atoms with Crippen molar-refractivity contribution in [2.45, 2.75) is 13.3 Å². The molecule has 0 atom stereocenters. The molecule has 0 saturated carbocycles. The highest BCUT2D eigenvalue weighted by Crippen LogP contribution is 2.32. The Hall–Kier alpha value is -4.15. The average molecular weight is 534 g/mol. The lowest BCUT2D eigenvalue weighted by Crippen LogP contribution is -2.22. The van der Waals surface area contributed by atoms with Crippen LogP contribution in [0.3, 0.4) is 0 Å². The first-order chi connectivity index (χ1) is 18.3. The number of hydrogen-bond donors (Lipinski definition) is 5.